The van der Waals surface area contributed by atoms with E-state index in [0.29, 0.717) is 0 Å². The van der Waals surface area contributed by atoms with Crippen LogP contribution in [-0.2, 0) is 26.2 Å². The van der Waals surface area contributed by atoms with E-state index in [-0.39, 0.29) is 41.0 Å². The van der Waals surface area contributed by atoms with E-state index in [9.17, 15) is 0 Å². The summed E-state index contributed by atoms with van der Waals surface area (Å²) in [4.78, 5) is 0. The van der Waals surface area contributed by atoms with E-state index in [1.165, 1.54) is 0 Å². The van der Waals surface area contributed by atoms with Crippen LogP contribution in [0.4, 0.5) is 0 Å². The molecule has 0 aromatic heterocycles. The first-order chi connectivity index (χ1) is 10.4. The molecule has 5 heteroatoms. The Bertz CT molecular complexity index is 377. The summed E-state index contributed by atoms with van der Waals surface area (Å²) in [7, 11) is -2.47. The molecule has 2 radical (unpaired) electrons. The van der Waals surface area contributed by atoms with Gasteiger partial charge >= 0.3 is 26.2 Å². The second kappa shape index (κ2) is 13.6. The molecular formula is C20H40Si4Zr. The molecule has 140 valence electrons. The monoisotopic (exact) mass is 482 g/mol. The van der Waals surface area contributed by atoms with Crippen molar-refractivity contribution in [3.63, 3.8) is 0 Å². The van der Waals surface area contributed by atoms with E-state index < -0.39 is 22.8 Å². The van der Waals surface area contributed by atoms with Gasteiger partial charge in [0.25, 0.3) is 0 Å². The molecule has 0 bridgehead atoms. The van der Waals surface area contributed by atoms with Crippen molar-refractivity contribution in [3.8, 4) is 0 Å². The van der Waals surface area contributed by atoms with Crippen LogP contribution in [0.25, 0.3) is 0 Å². The van der Waals surface area contributed by atoms with Gasteiger partial charge in [-0.05, 0) is 0 Å². The van der Waals surface area contributed by atoms with Crippen LogP contribution in [0, 0.1) is 7.43 Å². The second-order valence-electron chi connectivity index (χ2n) is 9.05. The topological polar surface area (TPSA) is 0 Å². The molecule has 0 aliphatic heterocycles. The third-order valence-electron chi connectivity index (χ3n) is 3.36. The van der Waals surface area contributed by atoms with Crippen molar-refractivity contribution >= 4 is 30.1 Å². The fraction of sp³-hybridized carbons (Fsp3) is 0.450. The molecule has 0 aliphatic rings. The van der Waals surface area contributed by atoms with E-state index in [4.69, 9.17) is 0 Å². The maximum Gasteiger partial charge on any atom is 3.00 e. The summed E-state index contributed by atoms with van der Waals surface area (Å²) in [5.41, 5.74) is 0. The van der Waals surface area contributed by atoms with Crippen molar-refractivity contribution in [2.24, 2.45) is 0 Å². The van der Waals surface area contributed by atoms with Crippen LogP contribution >= 0.6 is 0 Å². The fourth-order valence-corrected chi connectivity index (χ4v) is 91.8. The average molecular weight is 484 g/mol. The van der Waals surface area contributed by atoms with Gasteiger partial charge in [-0.15, -0.1) is 0 Å². The standard InChI is InChI=1S/C9H27Si4.2C5H5.CH3.Zr/c1-11(2,3)10(12(4,5)6)13(7,8)9;2*1-2-4-5-3-1;;/h1-9H3;2*1-5H;1H3;/q;3*-1;+3. The summed E-state index contributed by atoms with van der Waals surface area (Å²) in [6.07, 6.45) is 0. The molecule has 25 heavy (non-hydrogen) atoms. The van der Waals surface area contributed by atoms with Gasteiger partial charge in [-0.1, -0.05) is 58.9 Å². The van der Waals surface area contributed by atoms with Gasteiger partial charge in [0.15, 0.2) is 0 Å². The molecule has 0 saturated carbocycles. The Balaban J connectivity index is -0.000000330. The van der Waals surface area contributed by atoms with Gasteiger partial charge in [-0.25, -0.2) is 24.3 Å². The smallest absolute Gasteiger partial charge is 0.358 e. The van der Waals surface area contributed by atoms with Crippen LogP contribution in [0.5, 0.6) is 0 Å². The number of rotatable bonds is 3. The van der Waals surface area contributed by atoms with Gasteiger partial charge in [0.05, 0.1) is 0 Å². The molecule has 0 nitrogen and oxygen atoms in total. The molecule has 2 rings (SSSR count). The average Bonchev–Trinajstić information content (AvgIpc) is 3.03. The first-order valence-electron chi connectivity index (χ1n) is 8.58. The summed E-state index contributed by atoms with van der Waals surface area (Å²) in [5.74, 6) is 0. The normalized spacial score (nSPS) is 11.1. The zero-order valence-corrected chi connectivity index (χ0v) is 24.7. The Hall–Kier alpha value is 0.451. The van der Waals surface area contributed by atoms with E-state index >= 15 is 0 Å². The number of hydrogen-bond donors (Lipinski definition) is 0. The Morgan fingerprint density at radius 2 is 0.720 bits per heavy atom. The zero-order chi connectivity index (χ0) is 18.1. The molecule has 0 fully saturated rings. The minimum absolute atomic E-state index is 0. The summed E-state index contributed by atoms with van der Waals surface area (Å²) in [6, 6.07) is 20.0. The van der Waals surface area contributed by atoms with Gasteiger partial charge in [0.2, 0.25) is 0 Å². The van der Waals surface area contributed by atoms with Crippen LogP contribution in [0.3, 0.4) is 0 Å². The van der Waals surface area contributed by atoms with Gasteiger partial charge in [-0.2, -0.15) is 36.4 Å². The minimum Gasteiger partial charge on any atom is -0.358 e. The Morgan fingerprint density at radius 3 is 0.760 bits per heavy atom. The van der Waals surface area contributed by atoms with E-state index in [1.54, 1.807) is 0 Å². The molecular weight excluding hydrogens is 444 g/mol. The molecule has 0 saturated heterocycles. The maximum absolute atomic E-state index is 2.61. The maximum atomic E-state index is 2.61. The fourth-order valence-electron chi connectivity index (χ4n) is 4.02. The summed E-state index contributed by atoms with van der Waals surface area (Å²) >= 11 is 0. The molecule has 0 N–H and O–H groups in total. The van der Waals surface area contributed by atoms with Crippen molar-refractivity contribution in [1.82, 2.24) is 0 Å². The largest absolute Gasteiger partial charge is 3.00 e. The predicted molar refractivity (Wildman–Crippen MR) is 126 cm³/mol. The summed E-state index contributed by atoms with van der Waals surface area (Å²) in [5, 5.41) is 0. The van der Waals surface area contributed by atoms with Crippen molar-refractivity contribution in [2.45, 2.75) is 58.9 Å². The second-order valence-corrected chi connectivity index (χ2v) is 45.8. The summed E-state index contributed by atoms with van der Waals surface area (Å²) < 4.78 is 0. The first-order valence-corrected chi connectivity index (χ1v) is 23.6. The molecule has 0 unspecified atom stereocenters. The quantitative estimate of drug-likeness (QED) is 0.326. The third-order valence-corrected chi connectivity index (χ3v) is 61.9. The van der Waals surface area contributed by atoms with Crippen molar-refractivity contribution < 1.29 is 26.2 Å². The van der Waals surface area contributed by atoms with E-state index in [1.807, 2.05) is 60.7 Å². The van der Waals surface area contributed by atoms with Gasteiger partial charge in [0.1, 0.15) is 0 Å². The van der Waals surface area contributed by atoms with Crippen molar-refractivity contribution in [2.75, 3.05) is 0 Å². The molecule has 0 aliphatic carbocycles. The Kier molecular flexibility index (Phi) is 16.4. The predicted octanol–water partition coefficient (Wildman–Crippen LogP) is 6.99. The molecule has 0 heterocycles. The van der Waals surface area contributed by atoms with Gasteiger partial charge in [0, 0.05) is 30.1 Å². The molecule has 0 amide bonds. The Labute approximate surface area is 182 Å². The van der Waals surface area contributed by atoms with Crippen molar-refractivity contribution in [1.29, 1.82) is 0 Å². The summed E-state index contributed by atoms with van der Waals surface area (Å²) in [6.45, 7) is 23.5. The van der Waals surface area contributed by atoms with E-state index in [2.05, 4.69) is 58.9 Å². The van der Waals surface area contributed by atoms with Crippen molar-refractivity contribution in [3.05, 3.63) is 68.1 Å². The first kappa shape index (κ1) is 30.2. The van der Waals surface area contributed by atoms with Gasteiger partial charge in [-0.3, -0.25) is 0 Å². The SMILES string of the molecule is C[Si](C)(C)[Si]([Si](C)(C)C)[Si](C)(C)C.[CH3-].[Zr+3].c1cc[cH-]c1.c1cc[cH-]c1. The Morgan fingerprint density at radius 1 is 0.520 bits per heavy atom. The van der Waals surface area contributed by atoms with Crippen LogP contribution in [0.2, 0.25) is 58.9 Å². The van der Waals surface area contributed by atoms with Crippen LogP contribution in [0.1, 0.15) is 0 Å². The number of hydrogen-bond acceptors (Lipinski definition) is 0. The molecule has 2 aromatic carbocycles. The molecule has 0 atom stereocenters. The van der Waals surface area contributed by atoms with E-state index in [0.717, 1.165) is 0 Å². The van der Waals surface area contributed by atoms with Crippen LogP contribution in [-0.4, -0.2) is 30.1 Å². The van der Waals surface area contributed by atoms with Crippen LogP contribution < -0.4 is 0 Å². The third kappa shape index (κ3) is 15.2. The van der Waals surface area contributed by atoms with Gasteiger partial charge < -0.3 is 7.43 Å². The minimum atomic E-state index is -0.832. The van der Waals surface area contributed by atoms with Crippen LogP contribution in [0.15, 0.2) is 60.7 Å². The molecule has 2 aromatic rings. The molecule has 0 spiro atoms. The zero-order valence-electron chi connectivity index (χ0n) is 18.3.